The third-order valence-electron chi connectivity index (χ3n) is 5.78. The van der Waals surface area contributed by atoms with E-state index in [1.54, 1.807) is 0 Å². The summed E-state index contributed by atoms with van der Waals surface area (Å²) < 4.78 is 0. The number of fused-ring (bicyclic) bond motifs is 2. The Labute approximate surface area is 156 Å². The van der Waals surface area contributed by atoms with Gasteiger partial charge in [-0.15, -0.1) is 0 Å². The Morgan fingerprint density at radius 3 is 2.04 bits per heavy atom. The van der Waals surface area contributed by atoms with Crippen molar-refractivity contribution in [2.75, 3.05) is 0 Å². The van der Waals surface area contributed by atoms with Crippen LogP contribution in [0.15, 0.2) is 54.6 Å². The molecule has 1 aliphatic rings. The number of aryl methyl sites for hydroxylation is 1. The van der Waals surface area contributed by atoms with Gasteiger partial charge in [0.05, 0.1) is 0 Å². The molecule has 0 heteroatoms. The van der Waals surface area contributed by atoms with Gasteiger partial charge in [0.2, 0.25) is 0 Å². The third kappa shape index (κ3) is 2.51. The minimum absolute atomic E-state index is 0.157. The summed E-state index contributed by atoms with van der Waals surface area (Å²) in [7, 11) is 0. The van der Waals surface area contributed by atoms with Gasteiger partial charge in [-0.25, -0.2) is 0 Å². The highest BCUT2D eigenvalue weighted by molar-refractivity contribution is 5.72. The SMILES string of the molecule is CCc1cc(C(C)(C)C)cc(-c2cccc3c2=c2ccccc2=3)c1CC. The summed E-state index contributed by atoms with van der Waals surface area (Å²) in [5.74, 6) is 0. The fraction of sp³-hybridized carbons (Fsp3) is 0.308. The molecule has 0 aliphatic heterocycles. The van der Waals surface area contributed by atoms with Crippen LogP contribution in [0, 0.1) is 20.9 Å². The van der Waals surface area contributed by atoms with Crippen molar-refractivity contribution in [2.24, 2.45) is 0 Å². The molecule has 0 saturated heterocycles. The Morgan fingerprint density at radius 2 is 1.38 bits per heavy atom. The van der Waals surface area contributed by atoms with Gasteiger partial charge in [-0.2, -0.15) is 0 Å². The van der Waals surface area contributed by atoms with E-state index in [0.717, 1.165) is 12.8 Å². The molecule has 0 spiro atoms. The molecule has 0 amide bonds. The van der Waals surface area contributed by atoms with Crippen molar-refractivity contribution in [3.05, 3.63) is 92.2 Å². The topological polar surface area (TPSA) is 0 Å². The molecule has 0 atom stereocenters. The highest BCUT2D eigenvalue weighted by atomic mass is 14.2. The first-order valence-electron chi connectivity index (χ1n) is 9.85. The van der Waals surface area contributed by atoms with Gasteiger partial charge in [0.25, 0.3) is 0 Å². The molecule has 0 unspecified atom stereocenters. The first-order chi connectivity index (χ1) is 12.5. The number of hydrogen-bond acceptors (Lipinski definition) is 0. The second-order valence-electron chi connectivity index (χ2n) is 8.39. The van der Waals surface area contributed by atoms with Gasteiger partial charge < -0.3 is 0 Å². The third-order valence-corrected chi connectivity index (χ3v) is 5.78. The number of benzene rings is 3. The fourth-order valence-corrected chi connectivity index (χ4v) is 4.30. The summed E-state index contributed by atoms with van der Waals surface area (Å²) in [6.07, 6.45) is 2.17. The second-order valence-corrected chi connectivity index (χ2v) is 8.39. The molecule has 3 aromatic carbocycles. The zero-order valence-electron chi connectivity index (χ0n) is 16.6. The van der Waals surface area contributed by atoms with Crippen molar-refractivity contribution >= 4 is 0 Å². The van der Waals surface area contributed by atoms with Gasteiger partial charge in [-0.3, -0.25) is 0 Å². The van der Waals surface area contributed by atoms with Crippen LogP contribution in [0.1, 0.15) is 51.3 Å². The van der Waals surface area contributed by atoms with E-state index in [4.69, 9.17) is 0 Å². The van der Waals surface area contributed by atoms with E-state index in [1.807, 2.05) is 0 Å². The molecule has 0 saturated carbocycles. The van der Waals surface area contributed by atoms with Gasteiger partial charge in [0, 0.05) is 0 Å². The lowest BCUT2D eigenvalue weighted by Gasteiger charge is -2.24. The van der Waals surface area contributed by atoms with E-state index in [-0.39, 0.29) is 5.41 Å². The zero-order chi connectivity index (χ0) is 18.5. The summed E-state index contributed by atoms with van der Waals surface area (Å²) in [5.41, 5.74) is 7.44. The molecule has 132 valence electrons. The molecule has 0 fully saturated rings. The minimum atomic E-state index is 0.157. The summed E-state index contributed by atoms with van der Waals surface area (Å²) >= 11 is 0. The number of hydrogen-bond donors (Lipinski definition) is 0. The van der Waals surface area contributed by atoms with Crippen molar-refractivity contribution < 1.29 is 0 Å². The van der Waals surface area contributed by atoms with Gasteiger partial charge in [0.15, 0.2) is 0 Å². The van der Waals surface area contributed by atoms with Gasteiger partial charge >= 0.3 is 0 Å². The smallest absolute Gasteiger partial charge is 0.00203 e. The molecular weight excluding hydrogens is 312 g/mol. The van der Waals surface area contributed by atoms with Crippen LogP contribution in [0.25, 0.3) is 11.1 Å². The fourth-order valence-electron chi connectivity index (χ4n) is 4.30. The van der Waals surface area contributed by atoms with E-state index in [1.165, 1.54) is 48.7 Å². The van der Waals surface area contributed by atoms with Crippen molar-refractivity contribution in [2.45, 2.75) is 52.9 Å². The van der Waals surface area contributed by atoms with Crippen molar-refractivity contribution in [3.8, 4) is 11.1 Å². The van der Waals surface area contributed by atoms with Crippen LogP contribution < -0.4 is 0 Å². The summed E-state index contributed by atoms with van der Waals surface area (Å²) in [6.45, 7) is 11.5. The molecule has 0 aromatic heterocycles. The van der Waals surface area contributed by atoms with Crippen LogP contribution in [0.3, 0.4) is 0 Å². The minimum Gasteiger partial charge on any atom is -0.0616 e. The average Bonchev–Trinajstić information content (AvgIpc) is 2.63. The molecule has 0 bridgehead atoms. The molecule has 26 heavy (non-hydrogen) atoms. The molecule has 3 aromatic rings. The van der Waals surface area contributed by atoms with E-state index >= 15 is 0 Å². The largest absolute Gasteiger partial charge is 0.0616 e. The van der Waals surface area contributed by atoms with Crippen LogP contribution in [-0.2, 0) is 18.3 Å². The van der Waals surface area contributed by atoms with Crippen LogP contribution in [0.2, 0.25) is 0 Å². The Bertz CT molecular complexity index is 1170. The lowest BCUT2D eigenvalue weighted by atomic mass is 9.80. The predicted molar refractivity (Wildman–Crippen MR) is 111 cm³/mol. The van der Waals surface area contributed by atoms with E-state index in [0.29, 0.717) is 0 Å². The van der Waals surface area contributed by atoms with Gasteiger partial charge in [0.1, 0.15) is 0 Å². The van der Waals surface area contributed by atoms with Gasteiger partial charge in [-0.1, -0.05) is 89.2 Å². The molecule has 0 nitrogen and oxygen atoms in total. The van der Waals surface area contributed by atoms with Crippen molar-refractivity contribution in [3.63, 3.8) is 0 Å². The second kappa shape index (κ2) is 6.13. The van der Waals surface area contributed by atoms with Crippen LogP contribution in [0.4, 0.5) is 0 Å². The molecular formula is C26H28. The van der Waals surface area contributed by atoms with Crippen LogP contribution >= 0.6 is 0 Å². The standard InChI is InChI=1S/C26H28/c1-6-17-15-18(26(3,4)5)16-24(19(17)7-2)23-14-10-13-22-20-11-8-9-12-21(20)25(22)23/h8-16H,6-7H2,1-5H3. The Hall–Kier alpha value is -2.34. The average molecular weight is 341 g/mol. The van der Waals surface area contributed by atoms with E-state index in [9.17, 15) is 0 Å². The van der Waals surface area contributed by atoms with Crippen molar-refractivity contribution in [1.29, 1.82) is 0 Å². The quantitative estimate of drug-likeness (QED) is 0.391. The Morgan fingerprint density at radius 1 is 0.692 bits per heavy atom. The van der Waals surface area contributed by atoms with E-state index in [2.05, 4.69) is 89.2 Å². The first kappa shape index (κ1) is 17.1. The van der Waals surface area contributed by atoms with Crippen LogP contribution in [0.5, 0.6) is 0 Å². The van der Waals surface area contributed by atoms with E-state index < -0.39 is 0 Å². The maximum Gasteiger partial charge on any atom is -0.00203 e. The molecule has 4 rings (SSSR count). The highest BCUT2D eigenvalue weighted by Gasteiger charge is 2.20. The summed E-state index contributed by atoms with van der Waals surface area (Å²) in [4.78, 5) is 0. The molecule has 0 heterocycles. The lowest BCUT2D eigenvalue weighted by Crippen LogP contribution is -2.13. The monoisotopic (exact) mass is 340 g/mol. The highest BCUT2D eigenvalue weighted by Crippen LogP contribution is 2.35. The molecule has 0 N–H and O–H groups in total. The summed E-state index contributed by atoms with van der Waals surface area (Å²) in [5, 5.41) is 5.63. The normalized spacial score (nSPS) is 12.3. The summed E-state index contributed by atoms with van der Waals surface area (Å²) in [6, 6.07) is 20.5. The molecule has 1 aliphatic carbocycles. The van der Waals surface area contributed by atoms with Gasteiger partial charge in [-0.05, 0) is 66.9 Å². The Balaban J connectivity index is 2.11. The molecule has 0 radical (unpaired) electrons. The zero-order valence-corrected chi connectivity index (χ0v) is 16.6. The predicted octanol–water partition coefficient (Wildman–Crippen LogP) is 6.66. The number of rotatable bonds is 3. The maximum atomic E-state index is 2.45. The first-order valence-corrected chi connectivity index (χ1v) is 9.85. The maximum absolute atomic E-state index is 2.45. The van der Waals surface area contributed by atoms with Crippen LogP contribution in [-0.4, -0.2) is 0 Å². The van der Waals surface area contributed by atoms with Crippen molar-refractivity contribution in [1.82, 2.24) is 0 Å². The Kier molecular flexibility index (Phi) is 4.03. The lowest BCUT2D eigenvalue weighted by molar-refractivity contribution is 0.589.